The summed E-state index contributed by atoms with van der Waals surface area (Å²) in [6, 6.07) is 5.47. The molecule has 0 aromatic heterocycles. The van der Waals surface area contributed by atoms with Crippen molar-refractivity contribution in [1.29, 1.82) is 0 Å². The predicted molar refractivity (Wildman–Crippen MR) is 68.4 cm³/mol. The largest absolute Gasteiger partial charge is 0.506 e. The Kier molecular flexibility index (Phi) is 3.92. The van der Waals surface area contributed by atoms with Gasteiger partial charge in [0.15, 0.2) is 0 Å². The first-order valence-electron chi connectivity index (χ1n) is 5.90. The summed E-state index contributed by atoms with van der Waals surface area (Å²) in [7, 11) is 0. The molecule has 1 aromatic rings. The summed E-state index contributed by atoms with van der Waals surface area (Å²) in [5.41, 5.74) is 0.874. The second-order valence-electron chi connectivity index (χ2n) is 4.70. The lowest BCUT2D eigenvalue weighted by molar-refractivity contribution is -0.0706. The van der Waals surface area contributed by atoms with E-state index in [1.54, 1.807) is 6.07 Å². The molecule has 1 aliphatic rings. The molecule has 0 bridgehead atoms. The Morgan fingerprint density at radius 2 is 2.00 bits per heavy atom. The van der Waals surface area contributed by atoms with Crippen LogP contribution in [0.25, 0.3) is 0 Å². The second-order valence-corrected chi connectivity index (χ2v) is 5.11. The van der Waals surface area contributed by atoms with E-state index in [9.17, 15) is 5.11 Å². The van der Waals surface area contributed by atoms with Crippen molar-refractivity contribution in [3.05, 3.63) is 28.8 Å². The van der Waals surface area contributed by atoms with Gasteiger partial charge in [0.25, 0.3) is 0 Å². The molecule has 0 radical (unpaired) electrons. The van der Waals surface area contributed by atoms with Crippen LogP contribution in [0.3, 0.4) is 0 Å². The lowest BCUT2D eigenvalue weighted by Gasteiger charge is -2.35. The van der Waals surface area contributed by atoms with Gasteiger partial charge >= 0.3 is 0 Å². The van der Waals surface area contributed by atoms with Crippen molar-refractivity contribution in [3.63, 3.8) is 0 Å². The molecule has 1 N–H and O–H groups in total. The van der Waals surface area contributed by atoms with E-state index in [0.717, 1.165) is 18.7 Å². The van der Waals surface area contributed by atoms with Crippen LogP contribution in [0, 0.1) is 0 Å². The van der Waals surface area contributed by atoms with Crippen LogP contribution < -0.4 is 0 Å². The number of morpholine rings is 1. The number of benzene rings is 1. The van der Waals surface area contributed by atoms with Crippen LogP contribution in [0.5, 0.6) is 5.75 Å². The maximum atomic E-state index is 9.87. The Bertz CT molecular complexity index is 387. The lowest BCUT2D eigenvalue weighted by Crippen LogP contribution is -2.44. The molecule has 4 heteroatoms. The van der Waals surface area contributed by atoms with Crippen LogP contribution in [-0.2, 0) is 11.3 Å². The van der Waals surface area contributed by atoms with E-state index < -0.39 is 0 Å². The minimum absolute atomic E-state index is 0.195. The van der Waals surface area contributed by atoms with Gasteiger partial charge < -0.3 is 9.84 Å². The maximum absolute atomic E-state index is 9.87. The quantitative estimate of drug-likeness (QED) is 0.882. The van der Waals surface area contributed by atoms with Crippen molar-refractivity contribution in [3.8, 4) is 5.75 Å². The fourth-order valence-electron chi connectivity index (χ4n) is 2.34. The van der Waals surface area contributed by atoms with Crippen LogP contribution in [-0.4, -0.2) is 35.3 Å². The molecule has 3 nitrogen and oxygen atoms in total. The zero-order valence-electron chi connectivity index (χ0n) is 10.2. The van der Waals surface area contributed by atoms with Crippen molar-refractivity contribution >= 4 is 11.6 Å². The molecule has 2 rings (SSSR count). The molecule has 0 spiro atoms. The fourth-order valence-corrected chi connectivity index (χ4v) is 2.54. The zero-order valence-corrected chi connectivity index (χ0v) is 10.9. The molecule has 1 saturated heterocycles. The topological polar surface area (TPSA) is 32.7 Å². The lowest BCUT2D eigenvalue weighted by atomic mass is 10.1. The first kappa shape index (κ1) is 12.7. The average Bonchev–Trinajstić information content (AvgIpc) is 2.23. The smallest absolute Gasteiger partial charge is 0.138 e. The predicted octanol–water partition coefficient (Wildman–Crippen LogP) is 2.65. The summed E-state index contributed by atoms with van der Waals surface area (Å²) in [4.78, 5) is 2.28. The van der Waals surface area contributed by atoms with Gasteiger partial charge in [-0.05, 0) is 19.9 Å². The van der Waals surface area contributed by atoms with Gasteiger partial charge in [-0.1, -0.05) is 23.7 Å². The van der Waals surface area contributed by atoms with Gasteiger partial charge in [-0.25, -0.2) is 0 Å². The minimum atomic E-state index is 0.195. The summed E-state index contributed by atoms with van der Waals surface area (Å²) < 4.78 is 5.68. The third-order valence-corrected chi connectivity index (χ3v) is 3.26. The number of phenols is 1. The van der Waals surface area contributed by atoms with E-state index in [0.29, 0.717) is 11.6 Å². The number of aromatic hydroxyl groups is 1. The Balaban J connectivity index is 2.07. The van der Waals surface area contributed by atoms with Crippen molar-refractivity contribution in [2.24, 2.45) is 0 Å². The molecule has 0 aliphatic carbocycles. The Labute approximate surface area is 107 Å². The van der Waals surface area contributed by atoms with Gasteiger partial charge in [0.2, 0.25) is 0 Å². The van der Waals surface area contributed by atoms with Crippen LogP contribution in [0.15, 0.2) is 18.2 Å². The Morgan fingerprint density at radius 1 is 1.35 bits per heavy atom. The van der Waals surface area contributed by atoms with Crippen LogP contribution in [0.1, 0.15) is 19.4 Å². The molecular formula is C13H18ClNO2. The number of phenolic OH excluding ortho intramolecular Hbond substituents is 1. The Morgan fingerprint density at radius 3 is 2.65 bits per heavy atom. The number of hydrogen-bond acceptors (Lipinski definition) is 3. The van der Waals surface area contributed by atoms with Gasteiger partial charge in [-0.3, -0.25) is 4.90 Å². The van der Waals surface area contributed by atoms with Crippen molar-refractivity contribution < 1.29 is 9.84 Å². The van der Waals surface area contributed by atoms with E-state index in [1.165, 1.54) is 0 Å². The molecule has 0 saturated carbocycles. The molecule has 0 amide bonds. The highest BCUT2D eigenvalue weighted by molar-refractivity contribution is 6.32. The van der Waals surface area contributed by atoms with E-state index in [4.69, 9.17) is 16.3 Å². The van der Waals surface area contributed by atoms with Crippen molar-refractivity contribution in [1.82, 2.24) is 4.90 Å². The van der Waals surface area contributed by atoms with Gasteiger partial charge in [0, 0.05) is 25.2 Å². The summed E-state index contributed by atoms with van der Waals surface area (Å²) >= 11 is 5.90. The zero-order chi connectivity index (χ0) is 12.4. The van der Waals surface area contributed by atoms with E-state index in [1.807, 2.05) is 12.1 Å². The minimum Gasteiger partial charge on any atom is -0.506 e. The molecule has 1 aromatic carbocycles. The molecule has 1 fully saturated rings. The molecule has 1 heterocycles. The van der Waals surface area contributed by atoms with Crippen LogP contribution >= 0.6 is 11.6 Å². The first-order valence-corrected chi connectivity index (χ1v) is 6.28. The van der Waals surface area contributed by atoms with E-state index in [-0.39, 0.29) is 18.0 Å². The summed E-state index contributed by atoms with van der Waals surface area (Å²) in [6.45, 7) is 6.62. The average molecular weight is 256 g/mol. The molecule has 2 atom stereocenters. The van der Waals surface area contributed by atoms with Crippen LogP contribution in [0.4, 0.5) is 0 Å². The van der Waals surface area contributed by atoms with Gasteiger partial charge in [-0.2, -0.15) is 0 Å². The highest BCUT2D eigenvalue weighted by Gasteiger charge is 2.22. The van der Waals surface area contributed by atoms with E-state index in [2.05, 4.69) is 18.7 Å². The molecule has 17 heavy (non-hydrogen) atoms. The monoisotopic (exact) mass is 255 g/mol. The van der Waals surface area contributed by atoms with Crippen LogP contribution in [0.2, 0.25) is 5.02 Å². The third-order valence-electron chi connectivity index (χ3n) is 2.96. The normalized spacial score (nSPS) is 26.1. The first-order chi connectivity index (χ1) is 8.06. The number of nitrogens with zero attached hydrogens (tertiary/aromatic N) is 1. The highest BCUT2D eigenvalue weighted by atomic mass is 35.5. The van der Waals surface area contributed by atoms with Crippen molar-refractivity contribution in [2.45, 2.75) is 32.6 Å². The molecule has 94 valence electrons. The van der Waals surface area contributed by atoms with Gasteiger partial charge in [0.1, 0.15) is 5.75 Å². The number of rotatable bonds is 2. The second kappa shape index (κ2) is 5.25. The maximum Gasteiger partial charge on any atom is 0.138 e. The van der Waals surface area contributed by atoms with Gasteiger partial charge in [0.05, 0.1) is 17.2 Å². The molecular weight excluding hydrogens is 238 g/mol. The Hall–Kier alpha value is -0.770. The SMILES string of the molecule is CC1CN(Cc2cccc(Cl)c2O)CC(C)O1. The van der Waals surface area contributed by atoms with Crippen molar-refractivity contribution in [2.75, 3.05) is 13.1 Å². The number of ether oxygens (including phenoxy) is 1. The molecule has 1 aliphatic heterocycles. The highest BCUT2D eigenvalue weighted by Crippen LogP contribution is 2.28. The summed E-state index contributed by atoms with van der Waals surface area (Å²) in [5, 5.41) is 10.3. The summed E-state index contributed by atoms with van der Waals surface area (Å²) in [6.07, 6.45) is 0.472. The van der Waals surface area contributed by atoms with E-state index >= 15 is 0 Å². The number of hydrogen-bond donors (Lipinski definition) is 1. The fraction of sp³-hybridized carbons (Fsp3) is 0.538. The number of para-hydroxylation sites is 1. The standard InChI is InChI=1S/C13H18ClNO2/c1-9-6-15(7-10(2)17-9)8-11-4-3-5-12(14)13(11)16/h3-5,9-10,16H,6-8H2,1-2H3. The molecule has 2 unspecified atom stereocenters. The summed E-state index contributed by atoms with van der Waals surface area (Å²) in [5.74, 6) is 0.195. The van der Waals surface area contributed by atoms with Gasteiger partial charge in [-0.15, -0.1) is 0 Å². The third kappa shape index (κ3) is 3.12. The number of halogens is 1.